The third-order valence-electron chi connectivity index (χ3n) is 1.79. The fraction of sp³-hybridized carbons (Fsp3) is 1.00. The van der Waals surface area contributed by atoms with E-state index in [9.17, 15) is 0 Å². The van der Waals surface area contributed by atoms with Gasteiger partial charge >= 0.3 is 0 Å². The van der Waals surface area contributed by atoms with Crippen molar-refractivity contribution in [2.24, 2.45) is 0 Å². The van der Waals surface area contributed by atoms with Crippen LogP contribution in [0.5, 0.6) is 0 Å². The van der Waals surface area contributed by atoms with Crippen molar-refractivity contribution in [2.75, 3.05) is 0 Å². The van der Waals surface area contributed by atoms with Crippen molar-refractivity contribution < 1.29 is 9.42 Å². The molecular weight excluding hydrogens is 135 g/mol. The molecule has 0 aromatic rings. The van der Waals surface area contributed by atoms with E-state index in [1.165, 1.54) is 0 Å². The van der Waals surface area contributed by atoms with Gasteiger partial charge in [0.2, 0.25) is 0 Å². The normalized spacial score (nSPS) is 13.3. The van der Waals surface area contributed by atoms with E-state index in [1.807, 2.05) is 6.92 Å². The third-order valence-corrected chi connectivity index (χ3v) is 2.37. The molecule has 0 rings (SSSR count). The Morgan fingerprint density at radius 1 is 1.44 bits per heavy atom. The van der Waals surface area contributed by atoms with E-state index in [0.29, 0.717) is 0 Å². The summed E-state index contributed by atoms with van der Waals surface area (Å²) < 4.78 is 5.11. The molecule has 0 aliphatic rings. The quantitative estimate of drug-likeness (QED) is 0.622. The summed E-state index contributed by atoms with van der Waals surface area (Å²) in [6.07, 6.45) is 1.91. The first-order chi connectivity index (χ1) is 4.18. The number of hydrogen-bond acceptors (Lipinski definition) is 2. The van der Waals surface area contributed by atoms with Gasteiger partial charge in [0.1, 0.15) is 0 Å². The van der Waals surface area contributed by atoms with Crippen LogP contribution in [0.4, 0.5) is 0 Å². The molecule has 1 atom stereocenters. The van der Waals surface area contributed by atoms with Crippen LogP contribution in [-0.4, -0.2) is 10.5 Å². The zero-order valence-electron chi connectivity index (χ0n) is 6.27. The zero-order valence-corrected chi connectivity index (χ0v) is 7.27. The maximum absolute atomic E-state index is 8.47. The van der Waals surface area contributed by atoms with Crippen molar-refractivity contribution in [3.05, 3.63) is 0 Å². The number of rotatable bonds is 4. The largest absolute Gasteiger partial charge is 0.352 e. The van der Waals surface area contributed by atoms with Crippen molar-refractivity contribution in [1.29, 1.82) is 0 Å². The molecule has 0 aromatic heterocycles. The Kier molecular flexibility index (Phi) is 4.37. The molecule has 0 bridgehead atoms. The van der Waals surface area contributed by atoms with Gasteiger partial charge in [-0.3, -0.25) is 0 Å². The third kappa shape index (κ3) is 3.14. The maximum atomic E-state index is 8.47. The van der Waals surface area contributed by atoms with E-state index in [1.54, 1.807) is 0 Å². The van der Waals surface area contributed by atoms with Gasteiger partial charge in [-0.05, 0) is 19.8 Å². The molecule has 0 radical (unpaired) electrons. The van der Waals surface area contributed by atoms with Crippen LogP contribution in [0.3, 0.4) is 0 Å². The summed E-state index contributed by atoms with van der Waals surface area (Å²) in [5, 5.41) is 0. The molecule has 0 amide bonds. The van der Waals surface area contributed by atoms with E-state index in [0.717, 1.165) is 12.8 Å². The molecule has 0 saturated heterocycles. The van der Waals surface area contributed by atoms with Crippen LogP contribution in [0.25, 0.3) is 0 Å². The minimum Gasteiger partial charge on any atom is -0.352 e. The average Bonchev–Trinajstić information content (AvgIpc) is 1.89. The zero-order chi connectivity index (χ0) is 7.33. The Morgan fingerprint density at radius 2 is 1.89 bits per heavy atom. The fourth-order valence-corrected chi connectivity index (χ4v) is 1.01. The summed E-state index contributed by atoms with van der Waals surface area (Å²) in [6.45, 7) is 6.13. The lowest BCUT2D eigenvalue weighted by molar-refractivity contribution is 0.0898. The minimum atomic E-state index is -0.377. The summed E-state index contributed by atoms with van der Waals surface area (Å²) >= 11 is 0. The molecule has 0 saturated carbocycles. The molecule has 0 aliphatic heterocycles. The lowest BCUT2D eigenvalue weighted by Gasteiger charge is -2.24. The molecule has 0 fully saturated rings. The summed E-state index contributed by atoms with van der Waals surface area (Å²) in [7, 11) is -0.377. The van der Waals surface area contributed by atoms with E-state index >= 15 is 0 Å². The maximum Gasteiger partial charge on any atom is 0.152 e. The van der Waals surface area contributed by atoms with Gasteiger partial charge in [0.25, 0.3) is 0 Å². The van der Waals surface area contributed by atoms with Crippen LogP contribution in [-0.2, 0) is 4.52 Å². The van der Waals surface area contributed by atoms with E-state index in [4.69, 9.17) is 9.42 Å². The number of hydrogen-bond donors (Lipinski definition) is 1. The second kappa shape index (κ2) is 4.21. The van der Waals surface area contributed by atoms with Crippen LogP contribution in [0, 0.1) is 0 Å². The first-order valence-corrected chi connectivity index (χ1v) is 4.11. The lowest BCUT2D eigenvalue weighted by Crippen LogP contribution is -2.22. The lowest BCUT2D eigenvalue weighted by atomic mass is 10.0. The molecule has 1 unspecified atom stereocenters. The SMILES string of the molecule is CCC(C)(CC)OPO. The van der Waals surface area contributed by atoms with Gasteiger partial charge < -0.3 is 9.42 Å². The van der Waals surface area contributed by atoms with Crippen LogP contribution < -0.4 is 0 Å². The van der Waals surface area contributed by atoms with E-state index < -0.39 is 0 Å². The minimum absolute atomic E-state index is 0.104. The fourth-order valence-electron chi connectivity index (χ4n) is 0.505. The van der Waals surface area contributed by atoms with Crippen molar-refractivity contribution in [3.63, 3.8) is 0 Å². The van der Waals surface area contributed by atoms with Crippen molar-refractivity contribution in [3.8, 4) is 0 Å². The standard InChI is InChI=1S/C6H15O2P/c1-4-6(3,5-2)8-9-7/h7,9H,4-5H2,1-3H3. The Labute approximate surface area is 58.6 Å². The highest BCUT2D eigenvalue weighted by Gasteiger charge is 2.19. The summed E-state index contributed by atoms with van der Waals surface area (Å²) in [4.78, 5) is 8.47. The Balaban J connectivity index is 3.62. The van der Waals surface area contributed by atoms with E-state index in [-0.39, 0.29) is 14.6 Å². The van der Waals surface area contributed by atoms with Gasteiger partial charge in [-0.25, -0.2) is 0 Å². The van der Waals surface area contributed by atoms with Gasteiger partial charge in [-0.1, -0.05) is 13.8 Å². The van der Waals surface area contributed by atoms with Gasteiger partial charge in [0.05, 0.1) is 5.60 Å². The van der Waals surface area contributed by atoms with E-state index in [2.05, 4.69) is 13.8 Å². The van der Waals surface area contributed by atoms with Crippen LogP contribution >= 0.6 is 9.03 Å². The van der Waals surface area contributed by atoms with Gasteiger partial charge in [0, 0.05) is 0 Å². The van der Waals surface area contributed by atoms with Crippen LogP contribution in [0.1, 0.15) is 33.6 Å². The molecule has 0 spiro atoms. The second-order valence-corrected chi connectivity index (χ2v) is 2.74. The van der Waals surface area contributed by atoms with Gasteiger partial charge in [-0.2, -0.15) is 0 Å². The predicted octanol–water partition coefficient (Wildman–Crippen LogP) is 2.08. The van der Waals surface area contributed by atoms with Crippen LogP contribution in [0.2, 0.25) is 0 Å². The smallest absolute Gasteiger partial charge is 0.152 e. The predicted molar refractivity (Wildman–Crippen MR) is 40.6 cm³/mol. The Bertz CT molecular complexity index is 71.5. The second-order valence-electron chi connectivity index (χ2n) is 2.35. The Morgan fingerprint density at radius 3 is 2.00 bits per heavy atom. The highest BCUT2D eigenvalue weighted by molar-refractivity contribution is 7.25. The average molecular weight is 150 g/mol. The van der Waals surface area contributed by atoms with Crippen molar-refractivity contribution in [1.82, 2.24) is 0 Å². The van der Waals surface area contributed by atoms with Gasteiger partial charge in [0.15, 0.2) is 9.03 Å². The Hall–Kier alpha value is 0.350. The van der Waals surface area contributed by atoms with Crippen LogP contribution in [0.15, 0.2) is 0 Å². The highest BCUT2D eigenvalue weighted by atomic mass is 31.1. The summed E-state index contributed by atoms with van der Waals surface area (Å²) in [5.41, 5.74) is -0.104. The molecule has 56 valence electrons. The first kappa shape index (κ1) is 9.35. The molecule has 0 aromatic carbocycles. The molecule has 0 heterocycles. The molecule has 9 heavy (non-hydrogen) atoms. The molecule has 2 nitrogen and oxygen atoms in total. The van der Waals surface area contributed by atoms with Gasteiger partial charge in [-0.15, -0.1) is 0 Å². The topological polar surface area (TPSA) is 29.5 Å². The molecule has 3 heteroatoms. The molecule has 0 aliphatic carbocycles. The molecule has 1 N–H and O–H groups in total. The molecular formula is C6H15O2P. The first-order valence-electron chi connectivity index (χ1n) is 3.25. The van der Waals surface area contributed by atoms with Crippen molar-refractivity contribution >= 4 is 9.03 Å². The van der Waals surface area contributed by atoms with Crippen molar-refractivity contribution in [2.45, 2.75) is 39.2 Å². The monoisotopic (exact) mass is 150 g/mol. The summed E-state index contributed by atoms with van der Waals surface area (Å²) in [5.74, 6) is 0. The highest BCUT2D eigenvalue weighted by Crippen LogP contribution is 2.26. The summed E-state index contributed by atoms with van der Waals surface area (Å²) in [6, 6.07) is 0.